The number of hydrogen-bond donors (Lipinski definition) is 3. The van der Waals surface area contributed by atoms with Gasteiger partial charge in [-0.1, -0.05) is 51.7 Å². The average molecular weight is 649 g/mol. The van der Waals surface area contributed by atoms with Crippen molar-refractivity contribution >= 4 is 34.8 Å². The third kappa shape index (κ3) is 23.9. The molecule has 0 saturated carbocycles. The molecule has 0 spiro atoms. The quantitative estimate of drug-likeness (QED) is 0.0552. The van der Waals surface area contributed by atoms with E-state index in [-0.39, 0.29) is 23.7 Å². The molecule has 0 atom stereocenters. The van der Waals surface area contributed by atoms with Gasteiger partial charge in [0.2, 0.25) is 5.24 Å². The molecule has 0 aliphatic carbocycles. The fourth-order valence-electron chi connectivity index (χ4n) is 3.48. The highest BCUT2D eigenvalue weighted by Crippen LogP contribution is 2.14. The molecule has 0 aliphatic rings. The molecule has 3 N–H and O–H groups in total. The summed E-state index contributed by atoms with van der Waals surface area (Å²) in [6.07, 6.45) is 12.2. The van der Waals surface area contributed by atoms with Crippen LogP contribution in [-0.2, 0) is 14.3 Å². The minimum absolute atomic E-state index is 0.254. The summed E-state index contributed by atoms with van der Waals surface area (Å²) in [7, 11) is 0. The normalized spacial score (nSPS) is 9.73. The smallest absolute Gasteiger partial charge is 0.335 e. The largest absolute Gasteiger partial charge is 0.494 e. The number of rotatable bonds is 21. The van der Waals surface area contributed by atoms with E-state index in [1.54, 1.807) is 36.4 Å². The van der Waals surface area contributed by atoms with Crippen molar-refractivity contribution in [2.45, 2.75) is 64.2 Å². The van der Waals surface area contributed by atoms with Crippen LogP contribution < -0.4 is 9.47 Å². The van der Waals surface area contributed by atoms with Crippen molar-refractivity contribution in [1.29, 1.82) is 0 Å². The topological polar surface area (TPSA) is 157 Å². The Labute approximate surface area is 270 Å². The lowest BCUT2D eigenvalue weighted by Gasteiger charge is -2.06. The third-order valence-corrected chi connectivity index (χ3v) is 6.06. The molecule has 0 bridgehead atoms. The van der Waals surface area contributed by atoms with Crippen LogP contribution in [0, 0.1) is 0 Å². The molecule has 2 aromatic carbocycles. The van der Waals surface area contributed by atoms with E-state index in [0.717, 1.165) is 70.3 Å². The number of unbranched alkanes of at least 4 members (excludes halogenated alkanes) is 8. The number of carboxylic acid groups (broad SMARTS) is 2. The summed E-state index contributed by atoms with van der Waals surface area (Å²) in [6, 6.07) is 12.8. The van der Waals surface area contributed by atoms with Gasteiger partial charge in [0.25, 0.3) is 0 Å². The number of carbonyl (C=O) groups excluding carboxylic acids is 2. The van der Waals surface area contributed by atoms with Gasteiger partial charge in [0.1, 0.15) is 11.5 Å². The molecule has 248 valence electrons. The number of carbonyl (C=O) groups is 4. The van der Waals surface area contributed by atoms with Crippen molar-refractivity contribution in [3.05, 3.63) is 85.0 Å². The summed E-state index contributed by atoms with van der Waals surface area (Å²) in [5, 5.41) is 25.6. The first kappa shape index (κ1) is 40.9. The maximum absolute atomic E-state index is 10.8. The zero-order valence-corrected chi connectivity index (χ0v) is 26.4. The predicted octanol–water partition coefficient (Wildman–Crippen LogP) is 7.09. The highest BCUT2D eigenvalue weighted by atomic mass is 35.5. The number of aromatic carboxylic acids is 2. The second-order valence-electron chi connectivity index (χ2n) is 9.49. The number of aliphatic hydroxyl groups excluding tert-OH is 1. The summed E-state index contributed by atoms with van der Waals surface area (Å²) >= 11 is 4.71. The molecule has 45 heavy (non-hydrogen) atoms. The lowest BCUT2D eigenvalue weighted by atomic mass is 10.1. The number of allylic oxidation sites excluding steroid dienone is 1. The highest BCUT2D eigenvalue weighted by Gasteiger charge is 2.03. The zero-order chi connectivity index (χ0) is 33.7. The van der Waals surface area contributed by atoms with Crippen molar-refractivity contribution in [3.8, 4) is 11.5 Å². The summed E-state index contributed by atoms with van der Waals surface area (Å²) in [5.74, 6) is -0.852. The van der Waals surface area contributed by atoms with E-state index in [9.17, 15) is 19.2 Å². The molecule has 0 unspecified atom stereocenters. The van der Waals surface area contributed by atoms with Crippen LogP contribution in [0.4, 0.5) is 0 Å². The third-order valence-electron chi connectivity index (χ3n) is 5.90. The molecule has 0 radical (unpaired) electrons. The van der Waals surface area contributed by atoms with Gasteiger partial charge in [-0.2, -0.15) is 0 Å². The lowest BCUT2D eigenvalue weighted by Crippen LogP contribution is -2.02. The number of carboxylic acids is 2. The lowest BCUT2D eigenvalue weighted by molar-refractivity contribution is -0.137. The van der Waals surface area contributed by atoms with Crippen LogP contribution in [0.5, 0.6) is 11.5 Å². The maximum Gasteiger partial charge on any atom is 0.335 e. The minimum Gasteiger partial charge on any atom is -0.494 e. The van der Waals surface area contributed by atoms with E-state index in [0.29, 0.717) is 31.3 Å². The molecular formula is C34H45ClO10. The van der Waals surface area contributed by atoms with E-state index in [4.69, 9.17) is 41.1 Å². The van der Waals surface area contributed by atoms with Gasteiger partial charge in [-0.25, -0.2) is 14.4 Å². The molecule has 0 saturated heterocycles. The molecule has 10 nitrogen and oxygen atoms in total. The molecule has 2 rings (SSSR count). The first-order chi connectivity index (χ1) is 21.6. The summed E-state index contributed by atoms with van der Waals surface area (Å²) in [5.41, 5.74) is 0.524. The molecule has 2 aromatic rings. The van der Waals surface area contributed by atoms with Crippen molar-refractivity contribution < 1.29 is 48.7 Å². The number of esters is 1. The summed E-state index contributed by atoms with van der Waals surface area (Å²) in [4.78, 5) is 41.6. The fraction of sp³-hybridized carbons (Fsp3) is 0.412. The van der Waals surface area contributed by atoms with Crippen molar-refractivity contribution in [2.75, 3.05) is 26.4 Å². The molecule has 11 heteroatoms. The Morgan fingerprint density at radius 3 is 1.29 bits per heavy atom. The van der Waals surface area contributed by atoms with Gasteiger partial charge in [0.05, 0.1) is 30.9 Å². The van der Waals surface area contributed by atoms with Gasteiger partial charge in [0.15, 0.2) is 0 Å². The van der Waals surface area contributed by atoms with E-state index in [1.165, 1.54) is 18.2 Å². The summed E-state index contributed by atoms with van der Waals surface area (Å²) < 4.78 is 15.9. The van der Waals surface area contributed by atoms with Crippen molar-refractivity contribution in [2.24, 2.45) is 0 Å². The maximum atomic E-state index is 10.8. The Bertz CT molecular complexity index is 1130. The van der Waals surface area contributed by atoms with Gasteiger partial charge in [-0.3, -0.25) is 4.79 Å². The van der Waals surface area contributed by atoms with Crippen LogP contribution in [0.3, 0.4) is 0 Å². The van der Waals surface area contributed by atoms with Crippen LogP contribution in [0.2, 0.25) is 0 Å². The second kappa shape index (κ2) is 27.4. The Balaban J connectivity index is 0.000000758. The number of benzene rings is 2. The molecule has 0 heterocycles. The summed E-state index contributed by atoms with van der Waals surface area (Å²) in [6.45, 7) is 8.37. The van der Waals surface area contributed by atoms with Crippen LogP contribution in [-0.4, -0.2) is 64.9 Å². The number of ether oxygens (including phenoxy) is 3. The highest BCUT2D eigenvalue weighted by molar-refractivity contribution is 6.66. The van der Waals surface area contributed by atoms with E-state index < -0.39 is 17.2 Å². The Hall–Kier alpha value is -4.15. The van der Waals surface area contributed by atoms with Crippen molar-refractivity contribution in [3.63, 3.8) is 0 Å². The van der Waals surface area contributed by atoms with E-state index in [1.807, 2.05) is 0 Å². The zero-order valence-electron chi connectivity index (χ0n) is 25.7. The Morgan fingerprint density at radius 2 is 0.956 bits per heavy atom. The SMILES string of the molecule is C=CC(=O)Cl.C=CC(=O)OCCCCCCCOc1ccc(C(=O)O)cc1.O=C(O)c1ccc(OCCCCCCCO)cc1. The van der Waals surface area contributed by atoms with Gasteiger partial charge in [0, 0.05) is 12.7 Å². The fourth-order valence-corrected chi connectivity index (χ4v) is 3.48. The minimum atomic E-state index is -0.940. The monoisotopic (exact) mass is 648 g/mol. The van der Waals surface area contributed by atoms with Crippen LogP contribution in [0.25, 0.3) is 0 Å². The second-order valence-corrected chi connectivity index (χ2v) is 9.87. The molecule has 0 aliphatic heterocycles. The van der Waals surface area contributed by atoms with Gasteiger partial charge in [-0.05, 0) is 91.9 Å². The van der Waals surface area contributed by atoms with Gasteiger partial charge < -0.3 is 29.5 Å². The predicted molar refractivity (Wildman–Crippen MR) is 173 cm³/mol. The molecular weight excluding hydrogens is 604 g/mol. The van der Waals surface area contributed by atoms with Crippen LogP contribution in [0.15, 0.2) is 73.8 Å². The first-order valence-electron chi connectivity index (χ1n) is 14.8. The van der Waals surface area contributed by atoms with E-state index >= 15 is 0 Å². The number of hydrogen-bond acceptors (Lipinski definition) is 8. The standard InChI is InChI=1S/C17H22O5.C14H20O4.C3H3ClO/c1-2-16(18)22-13-7-5-3-4-6-12-21-15-10-8-14(9-11-15)17(19)20;15-10-4-2-1-3-5-11-18-13-8-6-12(7-9-13)14(16)17;1-2-3(4)5/h2,8-11H,1,3-7,12-13H2,(H,19,20);6-9,15H,1-5,10-11H2,(H,16,17);2H,1H2. The van der Waals surface area contributed by atoms with Crippen LogP contribution >= 0.6 is 11.6 Å². The Kier molecular flexibility index (Phi) is 24.9. The van der Waals surface area contributed by atoms with Crippen LogP contribution in [0.1, 0.15) is 84.9 Å². The van der Waals surface area contributed by atoms with Gasteiger partial charge >= 0.3 is 17.9 Å². The number of aliphatic hydroxyl groups is 1. The molecule has 0 aromatic heterocycles. The molecule has 0 fully saturated rings. The Morgan fingerprint density at radius 1 is 0.600 bits per heavy atom. The average Bonchev–Trinajstić information content (AvgIpc) is 3.04. The van der Waals surface area contributed by atoms with Gasteiger partial charge in [-0.15, -0.1) is 0 Å². The number of halogens is 1. The van der Waals surface area contributed by atoms with Crippen molar-refractivity contribution in [1.82, 2.24) is 0 Å². The first-order valence-corrected chi connectivity index (χ1v) is 15.2. The van der Waals surface area contributed by atoms with E-state index in [2.05, 4.69) is 13.2 Å². The molecule has 0 amide bonds.